The van der Waals surface area contributed by atoms with Crippen LogP contribution >= 0.6 is 0 Å². The molecule has 2 atom stereocenters. The first-order valence-electron chi connectivity index (χ1n) is 7.48. The molecule has 2 saturated carbocycles. The van der Waals surface area contributed by atoms with Crippen molar-refractivity contribution in [3.05, 3.63) is 24.0 Å². The topological polar surface area (TPSA) is 70.5 Å². The summed E-state index contributed by atoms with van der Waals surface area (Å²) in [5, 5.41) is 4.01. The molecule has 5 heteroatoms. The average Bonchev–Trinajstić information content (AvgIpc) is 2.96. The molecule has 0 radical (unpaired) electrons. The van der Waals surface area contributed by atoms with Gasteiger partial charge in [-0.15, -0.1) is 0 Å². The van der Waals surface area contributed by atoms with Crippen molar-refractivity contribution in [2.45, 2.75) is 25.2 Å². The van der Waals surface area contributed by atoms with Gasteiger partial charge in [-0.1, -0.05) is 17.6 Å². The Kier molecular flexibility index (Phi) is 2.15. The Morgan fingerprint density at radius 2 is 1.90 bits per heavy atom. The summed E-state index contributed by atoms with van der Waals surface area (Å²) in [5.74, 6) is 5.00. The maximum Gasteiger partial charge on any atom is 0.231 e. The number of nitrogen functional groups attached to an aromatic ring is 1. The molecular formula is C16H16N2O3. The van der Waals surface area contributed by atoms with Gasteiger partial charge in [0.2, 0.25) is 6.79 Å². The molecule has 2 aromatic rings. The summed E-state index contributed by atoms with van der Waals surface area (Å²) in [7, 11) is 0. The largest absolute Gasteiger partial charge is 0.454 e. The van der Waals surface area contributed by atoms with Gasteiger partial charge in [0.25, 0.3) is 0 Å². The van der Waals surface area contributed by atoms with Gasteiger partial charge in [0.05, 0.1) is 5.56 Å². The molecule has 2 N–H and O–H groups in total. The third kappa shape index (κ3) is 1.54. The van der Waals surface area contributed by atoms with E-state index in [0.717, 1.165) is 40.2 Å². The summed E-state index contributed by atoms with van der Waals surface area (Å²) in [6.07, 6.45) is 3.95. The molecule has 5 rings (SSSR count). The lowest BCUT2D eigenvalue weighted by molar-refractivity contribution is 0.174. The Labute approximate surface area is 122 Å². The number of hydrogen-bond acceptors (Lipinski definition) is 5. The second kappa shape index (κ2) is 3.93. The molecule has 108 valence electrons. The van der Waals surface area contributed by atoms with Gasteiger partial charge in [0.1, 0.15) is 5.76 Å². The molecule has 1 aromatic carbocycles. The molecule has 2 fully saturated rings. The van der Waals surface area contributed by atoms with Crippen molar-refractivity contribution in [1.82, 2.24) is 5.16 Å². The summed E-state index contributed by atoms with van der Waals surface area (Å²) in [5.41, 5.74) is 7.99. The molecule has 2 aliphatic carbocycles. The van der Waals surface area contributed by atoms with E-state index in [-0.39, 0.29) is 6.79 Å². The minimum Gasteiger partial charge on any atom is -0.454 e. The van der Waals surface area contributed by atoms with E-state index in [4.69, 9.17) is 19.7 Å². The van der Waals surface area contributed by atoms with E-state index in [0.29, 0.717) is 11.7 Å². The van der Waals surface area contributed by atoms with E-state index < -0.39 is 0 Å². The number of hydrogen-bond donors (Lipinski definition) is 1. The molecule has 0 amide bonds. The fraction of sp³-hybridized carbons (Fsp3) is 0.438. The number of anilines is 1. The molecule has 1 aliphatic heterocycles. The maximum absolute atomic E-state index is 6.06. The van der Waals surface area contributed by atoms with E-state index >= 15 is 0 Å². The zero-order chi connectivity index (χ0) is 14.0. The highest BCUT2D eigenvalue weighted by Gasteiger charge is 2.56. The van der Waals surface area contributed by atoms with Crippen molar-refractivity contribution < 1.29 is 14.0 Å². The Morgan fingerprint density at radius 1 is 1.10 bits per heavy atom. The first-order chi connectivity index (χ1) is 10.3. The van der Waals surface area contributed by atoms with Gasteiger partial charge in [-0.05, 0) is 42.4 Å². The van der Waals surface area contributed by atoms with Crippen LogP contribution in [0.2, 0.25) is 0 Å². The van der Waals surface area contributed by atoms with Gasteiger partial charge in [0.15, 0.2) is 17.3 Å². The summed E-state index contributed by atoms with van der Waals surface area (Å²) in [6, 6.07) is 5.88. The predicted octanol–water partition coefficient (Wildman–Crippen LogP) is 3.17. The first-order valence-corrected chi connectivity index (χ1v) is 7.48. The van der Waals surface area contributed by atoms with Crippen LogP contribution < -0.4 is 15.2 Å². The number of nitrogens with two attached hydrogens (primary N) is 1. The van der Waals surface area contributed by atoms with Crippen molar-refractivity contribution in [2.75, 3.05) is 12.5 Å². The lowest BCUT2D eigenvalue weighted by atomic mass is 10.00. The van der Waals surface area contributed by atoms with Crippen molar-refractivity contribution >= 4 is 5.82 Å². The summed E-state index contributed by atoms with van der Waals surface area (Å²) >= 11 is 0. The number of aromatic nitrogens is 1. The zero-order valence-corrected chi connectivity index (χ0v) is 11.5. The second-order valence-corrected chi connectivity index (χ2v) is 6.16. The maximum atomic E-state index is 6.06. The molecule has 0 spiro atoms. The Morgan fingerprint density at radius 3 is 2.76 bits per heavy atom. The highest BCUT2D eigenvalue weighted by atomic mass is 16.7. The van der Waals surface area contributed by atoms with Gasteiger partial charge in [-0.2, -0.15) is 0 Å². The molecular weight excluding hydrogens is 268 g/mol. The van der Waals surface area contributed by atoms with Gasteiger partial charge in [-0.3, -0.25) is 0 Å². The van der Waals surface area contributed by atoms with E-state index in [1.54, 1.807) is 0 Å². The van der Waals surface area contributed by atoms with Gasteiger partial charge < -0.3 is 19.7 Å². The second-order valence-electron chi connectivity index (χ2n) is 6.16. The lowest BCUT2D eigenvalue weighted by Crippen LogP contribution is -1.93. The number of benzene rings is 1. The number of rotatable bonds is 2. The third-order valence-electron chi connectivity index (χ3n) is 5.12. The van der Waals surface area contributed by atoms with E-state index in [2.05, 4.69) is 5.16 Å². The smallest absolute Gasteiger partial charge is 0.231 e. The molecule has 3 aliphatic rings. The SMILES string of the molecule is Nc1noc(C2C3CCCC32)c1-c1ccc2c(c1)OCO2. The van der Waals surface area contributed by atoms with Gasteiger partial charge in [0, 0.05) is 5.92 Å². The Bertz CT molecular complexity index is 714. The summed E-state index contributed by atoms with van der Waals surface area (Å²) in [4.78, 5) is 0. The Hall–Kier alpha value is -2.17. The van der Waals surface area contributed by atoms with Crippen molar-refractivity contribution in [3.63, 3.8) is 0 Å². The molecule has 5 nitrogen and oxygen atoms in total. The lowest BCUT2D eigenvalue weighted by Gasteiger charge is -2.05. The average molecular weight is 284 g/mol. The highest BCUT2D eigenvalue weighted by molar-refractivity contribution is 5.78. The highest BCUT2D eigenvalue weighted by Crippen LogP contribution is 2.64. The standard InChI is InChI=1S/C16H16N2O3/c17-16-13(8-4-5-11-12(6-8)20-7-19-11)15(21-18-16)14-9-2-1-3-10(9)14/h4-6,9-10,14H,1-3,7H2,(H2,17,18). The van der Waals surface area contributed by atoms with Crippen LogP contribution in [0.15, 0.2) is 22.7 Å². The third-order valence-corrected chi connectivity index (χ3v) is 5.12. The first kappa shape index (κ1) is 11.5. The van der Waals surface area contributed by atoms with Crippen LogP contribution in [0.1, 0.15) is 30.9 Å². The van der Waals surface area contributed by atoms with Gasteiger partial charge in [-0.25, -0.2) is 0 Å². The number of fused-ring (bicyclic) bond motifs is 2. The van der Waals surface area contributed by atoms with Crippen LogP contribution in [-0.4, -0.2) is 11.9 Å². The normalized spacial score (nSPS) is 28.7. The van der Waals surface area contributed by atoms with Crippen molar-refractivity contribution in [2.24, 2.45) is 11.8 Å². The molecule has 21 heavy (non-hydrogen) atoms. The quantitative estimate of drug-likeness (QED) is 0.917. The minimum atomic E-state index is 0.275. The van der Waals surface area contributed by atoms with Crippen LogP contribution in [0.5, 0.6) is 11.5 Å². The monoisotopic (exact) mass is 284 g/mol. The van der Waals surface area contributed by atoms with Crippen LogP contribution in [0.4, 0.5) is 5.82 Å². The van der Waals surface area contributed by atoms with E-state index in [1.807, 2.05) is 18.2 Å². The van der Waals surface area contributed by atoms with Crippen LogP contribution in [0.3, 0.4) is 0 Å². The minimum absolute atomic E-state index is 0.275. The zero-order valence-electron chi connectivity index (χ0n) is 11.5. The van der Waals surface area contributed by atoms with Crippen LogP contribution in [0.25, 0.3) is 11.1 Å². The van der Waals surface area contributed by atoms with Crippen molar-refractivity contribution in [1.29, 1.82) is 0 Å². The molecule has 0 bridgehead atoms. The number of ether oxygens (including phenoxy) is 2. The fourth-order valence-electron chi connectivity index (χ4n) is 4.10. The van der Waals surface area contributed by atoms with Gasteiger partial charge >= 0.3 is 0 Å². The summed E-state index contributed by atoms with van der Waals surface area (Å²) in [6.45, 7) is 0.275. The molecule has 1 aromatic heterocycles. The van der Waals surface area contributed by atoms with Crippen LogP contribution in [0, 0.1) is 11.8 Å². The van der Waals surface area contributed by atoms with E-state index in [9.17, 15) is 0 Å². The predicted molar refractivity (Wildman–Crippen MR) is 76.0 cm³/mol. The van der Waals surface area contributed by atoms with Crippen LogP contribution in [-0.2, 0) is 0 Å². The molecule has 2 unspecified atom stereocenters. The molecule has 0 saturated heterocycles. The Balaban J connectivity index is 1.58. The molecule has 2 heterocycles. The summed E-state index contributed by atoms with van der Waals surface area (Å²) < 4.78 is 16.4. The number of nitrogens with zero attached hydrogens (tertiary/aromatic N) is 1. The fourth-order valence-corrected chi connectivity index (χ4v) is 4.10. The van der Waals surface area contributed by atoms with E-state index in [1.165, 1.54) is 19.3 Å². The van der Waals surface area contributed by atoms with Crippen molar-refractivity contribution in [3.8, 4) is 22.6 Å².